The molecule has 0 spiro atoms. The predicted molar refractivity (Wildman–Crippen MR) is 140 cm³/mol. The highest BCUT2D eigenvalue weighted by atomic mass is 16.6. The van der Waals surface area contributed by atoms with E-state index in [1.165, 1.54) is 84.8 Å². The monoisotopic (exact) mass is 546 g/mol. The fourth-order valence-corrected chi connectivity index (χ4v) is 4.00. The second kappa shape index (κ2) is 9.86. The summed E-state index contributed by atoms with van der Waals surface area (Å²) in [7, 11) is 3.06. The summed E-state index contributed by atoms with van der Waals surface area (Å²) in [5.74, 6) is 0.215. The van der Waals surface area contributed by atoms with Crippen LogP contribution in [0.4, 0.5) is 11.4 Å². The maximum atomic E-state index is 13.1. The van der Waals surface area contributed by atoms with Crippen LogP contribution in [0.25, 0.3) is 12.2 Å². The highest BCUT2D eigenvalue weighted by Crippen LogP contribution is 2.20. The van der Waals surface area contributed by atoms with Gasteiger partial charge < -0.3 is 9.47 Å². The molecule has 3 aromatic carbocycles. The van der Waals surface area contributed by atoms with Crippen LogP contribution in [-0.2, 0) is 9.47 Å². The van der Waals surface area contributed by atoms with Gasteiger partial charge in [0.05, 0.1) is 20.3 Å². The molecule has 202 valence electrons. The minimum atomic E-state index is -1.02. The van der Waals surface area contributed by atoms with Gasteiger partial charge in [-0.25, -0.2) is 0 Å². The van der Waals surface area contributed by atoms with E-state index >= 15 is 0 Å². The predicted octanol–water partition coefficient (Wildman–Crippen LogP) is -0.680. The number of rotatable bonds is 6. The largest absolute Gasteiger partial charge is 0.447 e. The molecule has 15 nitrogen and oxygen atoms in total. The molecule has 0 bridgehead atoms. The molecule has 0 radical (unpaired) electrons. The molecule has 2 aliphatic rings. The van der Waals surface area contributed by atoms with Crippen LogP contribution in [-0.4, -0.2) is 58.2 Å². The molecule has 0 saturated carbocycles. The van der Waals surface area contributed by atoms with E-state index < -0.39 is 49.0 Å². The zero-order valence-corrected chi connectivity index (χ0v) is 20.8. The third kappa shape index (κ3) is 4.66. The lowest BCUT2D eigenvalue weighted by Crippen LogP contribution is -2.40. The number of nitro benzene ring substituents is 2. The number of ether oxygens (including phenoxy) is 2. The Kier molecular flexibility index (Phi) is 6.39. The fraction of sp³-hybridized carbons (Fsp3) is 0.160. The van der Waals surface area contributed by atoms with Gasteiger partial charge in [0.15, 0.2) is 0 Å². The molecular weight excluding hydrogens is 528 g/mol. The molecule has 0 amide bonds. The Hall–Kier alpha value is -5.73. The normalized spacial score (nSPS) is 19.4. The molecule has 0 aromatic heterocycles. The number of nitrogens with zero attached hydrogens (tertiary/aromatic N) is 6. The van der Waals surface area contributed by atoms with Gasteiger partial charge >= 0.3 is 0 Å². The smallest absolute Gasteiger partial charge is 0.269 e. The fourth-order valence-electron chi connectivity index (χ4n) is 4.00. The van der Waals surface area contributed by atoms with Crippen molar-refractivity contribution in [2.24, 2.45) is 10.2 Å². The van der Waals surface area contributed by atoms with E-state index in [0.29, 0.717) is 11.1 Å². The van der Waals surface area contributed by atoms with Gasteiger partial charge in [-0.3, -0.25) is 44.6 Å². The second-order valence-electron chi connectivity index (χ2n) is 8.73. The Balaban J connectivity index is 1.40. The lowest BCUT2D eigenvalue weighted by atomic mass is 10.2. The van der Waals surface area contributed by atoms with Crippen LogP contribution >= 0.6 is 0 Å². The van der Waals surface area contributed by atoms with Crippen molar-refractivity contribution < 1.29 is 19.3 Å². The van der Waals surface area contributed by atoms with Crippen molar-refractivity contribution in [2.45, 2.75) is 12.5 Å². The quantitative estimate of drug-likeness (QED) is 0.216. The van der Waals surface area contributed by atoms with E-state index in [0.717, 1.165) is 0 Å². The maximum absolute atomic E-state index is 13.1. The minimum Gasteiger partial charge on any atom is -0.447 e. The van der Waals surface area contributed by atoms with E-state index in [-0.39, 0.29) is 23.2 Å². The Bertz CT molecular complexity index is 1730. The molecule has 0 saturated heterocycles. The van der Waals surface area contributed by atoms with Crippen LogP contribution in [0.15, 0.2) is 73.1 Å². The number of hydrogen-bond acceptors (Lipinski definition) is 13. The molecule has 2 aliphatic heterocycles. The van der Waals surface area contributed by atoms with Crippen LogP contribution in [0.1, 0.15) is 11.1 Å². The van der Waals surface area contributed by atoms with Gasteiger partial charge in [0, 0.05) is 49.5 Å². The van der Waals surface area contributed by atoms with Crippen molar-refractivity contribution >= 4 is 35.3 Å². The molecule has 2 unspecified atom stereocenters. The molecule has 0 N–H and O–H groups in total. The molecule has 3 aromatic rings. The van der Waals surface area contributed by atoms with Gasteiger partial charge in [0.2, 0.25) is 40.5 Å². The van der Waals surface area contributed by atoms with Crippen LogP contribution in [0.2, 0.25) is 0 Å². The molecule has 40 heavy (non-hydrogen) atoms. The van der Waals surface area contributed by atoms with Crippen LogP contribution in [0.5, 0.6) is 0 Å². The number of hydrogen-bond donors (Lipinski definition) is 0. The van der Waals surface area contributed by atoms with Crippen LogP contribution in [0.3, 0.4) is 0 Å². The first-order chi connectivity index (χ1) is 19.0. The first-order valence-corrected chi connectivity index (χ1v) is 11.6. The number of nitro groups is 2. The molecule has 5 rings (SSSR count). The second-order valence-corrected chi connectivity index (χ2v) is 8.73. The molecule has 0 fully saturated rings. The van der Waals surface area contributed by atoms with Crippen LogP contribution in [0, 0.1) is 20.2 Å². The van der Waals surface area contributed by atoms with E-state index in [9.17, 15) is 34.6 Å². The SMILES string of the molecule is CN1N=C(c2ccc([N+](=O)[O-])cc2)OC1/C=c1\c(=O)c(=O)/c(=C\C2OC(c3ccc([N+](=O)[O-])cc3)=NN2C)c1=O. The van der Waals surface area contributed by atoms with E-state index in [1.54, 1.807) is 0 Å². The molecule has 2 atom stereocenters. The highest BCUT2D eigenvalue weighted by molar-refractivity contribution is 5.96. The summed E-state index contributed by atoms with van der Waals surface area (Å²) in [6.45, 7) is 0. The molecule has 15 heteroatoms. The number of non-ortho nitro benzene ring substituents is 2. The van der Waals surface area contributed by atoms with Crippen LogP contribution < -0.4 is 26.7 Å². The van der Waals surface area contributed by atoms with Gasteiger partial charge in [-0.05, 0) is 36.4 Å². The summed E-state index contributed by atoms with van der Waals surface area (Å²) in [6.07, 6.45) is 0.373. The average Bonchev–Trinajstić information content (AvgIpc) is 3.55. The summed E-state index contributed by atoms with van der Waals surface area (Å²) in [6, 6.07) is 10.9. The zero-order valence-electron chi connectivity index (χ0n) is 20.8. The van der Waals surface area contributed by atoms with E-state index in [2.05, 4.69) is 10.2 Å². The third-order valence-electron chi connectivity index (χ3n) is 6.15. The number of hydrazone groups is 2. The van der Waals surface area contributed by atoms with Crippen molar-refractivity contribution in [3.63, 3.8) is 0 Å². The topological polar surface area (TPSA) is 187 Å². The zero-order chi connectivity index (χ0) is 28.7. The third-order valence-corrected chi connectivity index (χ3v) is 6.15. The number of benzene rings is 2. The van der Waals surface area contributed by atoms with Gasteiger partial charge in [-0.1, -0.05) is 0 Å². The Morgan fingerprint density at radius 1 is 0.675 bits per heavy atom. The lowest BCUT2D eigenvalue weighted by Gasteiger charge is -2.13. The minimum absolute atomic E-state index is 0.108. The van der Waals surface area contributed by atoms with Crippen molar-refractivity contribution in [1.29, 1.82) is 0 Å². The van der Waals surface area contributed by atoms with Gasteiger partial charge in [-0.2, -0.15) is 0 Å². The first kappa shape index (κ1) is 25.9. The first-order valence-electron chi connectivity index (χ1n) is 11.6. The standard InChI is InChI=1S/C25H18N6O9/c1-28-19(39-24(26-28)13-3-7-15(8-4-13)30(35)36)11-17-21(32)18(23(34)22(17)33)12-20-29(2)27-25(40-20)14-5-9-16(10-6-14)31(37)38/h3-12,19-20H,1-2H3/b17-11-,18-12-. The van der Waals surface area contributed by atoms with Gasteiger partial charge in [0.1, 0.15) is 0 Å². The Labute approximate surface area is 222 Å². The van der Waals surface area contributed by atoms with Crippen molar-refractivity contribution in [1.82, 2.24) is 10.0 Å². The lowest BCUT2D eigenvalue weighted by molar-refractivity contribution is -0.385. The van der Waals surface area contributed by atoms with Crippen molar-refractivity contribution in [2.75, 3.05) is 14.1 Å². The summed E-state index contributed by atoms with van der Waals surface area (Å²) < 4.78 is 11.5. The van der Waals surface area contributed by atoms with Crippen molar-refractivity contribution in [3.05, 3.63) is 121 Å². The summed E-state index contributed by atoms with van der Waals surface area (Å²) in [5.41, 5.74) is -2.22. The van der Waals surface area contributed by atoms with Gasteiger partial charge in [-0.15, -0.1) is 10.2 Å². The molecule has 2 heterocycles. The summed E-state index contributed by atoms with van der Waals surface area (Å²) >= 11 is 0. The summed E-state index contributed by atoms with van der Waals surface area (Å²) in [4.78, 5) is 59.2. The Morgan fingerprint density at radius 3 is 1.35 bits per heavy atom. The van der Waals surface area contributed by atoms with Gasteiger partial charge in [0.25, 0.3) is 11.4 Å². The van der Waals surface area contributed by atoms with E-state index in [4.69, 9.17) is 9.47 Å². The summed E-state index contributed by atoms with van der Waals surface area (Å²) in [5, 5.41) is 32.0. The molecule has 0 aliphatic carbocycles. The van der Waals surface area contributed by atoms with E-state index in [1.807, 2.05) is 0 Å². The average molecular weight is 546 g/mol. The Morgan fingerprint density at radius 2 is 1.02 bits per heavy atom. The highest BCUT2D eigenvalue weighted by Gasteiger charge is 2.28. The maximum Gasteiger partial charge on any atom is 0.269 e. The molecular formula is C25H18N6O9. The van der Waals surface area contributed by atoms with Crippen molar-refractivity contribution in [3.8, 4) is 0 Å².